The molecule has 4 fully saturated rings. The van der Waals surface area contributed by atoms with Gasteiger partial charge in [-0.3, -0.25) is 0 Å². The fraction of sp³-hybridized carbons (Fsp3) is 0.867. The van der Waals surface area contributed by atoms with E-state index in [2.05, 4.69) is 5.16 Å². The normalized spacial score (nSPS) is 39.5. The van der Waals surface area contributed by atoms with E-state index in [4.69, 9.17) is 9.51 Å². The molecule has 0 aliphatic heterocycles. The zero-order valence-electron chi connectivity index (χ0n) is 11.6. The Hall–Kier alpha value is -0.900. The number of aliphatic hydroxyl groups excluding tert-OH is 1. The molecule has 2 bridgehead atoms. The van der Waals surface area contributed by atoms with Gasteiger partial charge in [0.05, 0.1) is 6.10 Å². The molecule has 1 aromatic heterocycles. The van der Waals surface area contributed by atoms with Gasteiger partial charge in [-0.2, -0.15) is 4.98 Å². The van der Waals surface area contributed by atoms with Crippen molar-refractivity contribution in [3.8, 4) is 0 Å². The van der Waals surface area contributed by atoms with E-state index in [-0.39, 0.29) is 16.9 Å². The van der Waals surface area contributed by atoms with Crippen molar-refractivity contribution in [1.29, 1.82) is 0 Å². The van der Waals surface area contributed by atoms with Gasteiger partial charge < -0.3 is 9.63 Å². The minimum Gasteiger partial charge on any atom is -0.393 e. The highest BCUT2D eigenvalue weighted by atomic mass is 16.5. The van der Waals surface area contributed by atoms with Crippen LogP contribution in [0.2, 0.25) is 0 Å². The van der Waals surface area contributed by atoms with Crippen LogP contribution in [0.4, 0.5) is 0 Å². The summed E-state index contributed by atoms with van der Waals surface area (Å²) in [6.07, 6.45) is 8.87. The lowest BCUT2D eigenvalue weighted by Crippen LogP contribution is -2.48. The van der Waals surface area contributed by atoms with Crippen LogP contribution in [0.15, 0.2) is 4.52 Å². The molecule has 4 saturated carbocycles. The SMILES string of the molecule is CC(O)C12CCC(c3nc(C4CC4)no3)(CC1)CC2. The molecule has 4 nitrogen and oxygen atoms in total. The third-order valence-electron chi connectivity index (χ3n) is 6.03. The van der Waals surface area contributed by atoms with E-state index >= 15 is 0 Å². The number of nitrogens with zero attached hydrogens (tertiary/aromatic N) is 2. The van der Waals surface area contributed by atoms with Crippen LogP contribution < -0.4 is 0 Å². The van der Waals surface area contributed by atoms with Gasteiger partial charge in [0, 0.05) is 11.3 Å². The number of fused-ring (bicyclic) bond motifs is 3. The maximum absolute atomic E-state index is 10.0. The molecule has 104 valence electrons. The molecule has 0 aromatic carbocycles. The Morgan fingerprint density at radius 3 is 2.32 bits per heavy atom. The van der Waals surface area contributed by atoms with Gasteiger partial charge in [-0.15, -0.1) is 0 Å². The van der Waals surface area contributed by atoms with Crippen molar-refractivity contribution < 1.29 is 9.63 Å². The second kappa shape index (κ2) is 3.81. The number of hydrogen-bond acceptors (Lipinski definition) is 4. The largest absolute Gasteiger partial charge is 0.393 e. The molecule has 1 N–H and O–H groups in total. The zero-order chi connectivity index (χ0) is 13.1. The first-order valence-electron chi connectivity index (χ1n) is 7.66. The first kappa shape index (κ1) is 11.9. The Balaban J connectivity index is 1.59. The van der Waals surface area contributed by atoms with E-state index in [9.17, 15) is 5.11 Å². The van der Waals surface area contributed by atoms with E-state index in [1.165, 1.54) is 12.8 Å². The molecule has 0 radical (unpaired) electrons. The topological polar surface area (TPSA) is 59.2 Å². The summed E-state index contributed by atoms with van der Waals surface area (Å²) in [7, 11) is 0. The molecule has 5 rings (SSSR count). The van der Waals surface area contributed by atoms with Gasteiger partial charge in [-0.05, 0) is 63.7 Å². The molecule has 0 saturated heterocycles. The zero-order valence-corrected chi connectivity index (χ0v) is 11.6. The molecule has 1 heterocycles. The van der Waals surface area contributed by atoms with Crippen LogP contribution in [-0.4, -0.2) is 21.4 Å². The second-order valence-corrected chi connectivity index (χ2v) is 7.05. The summed E-state index contributed by atoms with van der Waals surface area (Å²) >= 11 is 0. The Morgan fingerprint density at radius 2 is 1.79 bits per heavy atom. The summed E-state index contributed by atoms with van der Waals surface area (Å²) in [6.45, 7) is 1.95. The van der Waals surface area contributed by atoms with Crippen LogP contribution in [0.25, 0.3) is 0 Å². The lowest BCUT2D eigenvalue weighted by molar-refractivity contribution is -0.0620. The number of aliphatic hydroxyl groups is 1. The minimum absolute atomic E-state index is 0.122. The first-order chi connectivity index (χ1) is 9.14. The lowest BCUT2D eigenvalue weighted by Gasteiger charge is -2.53. The predicted octanol–water partition coefficient (Wildman–Crippen LogP) is 2.92. The summed E-state index contributed by atoms with van der Waals surface area (Å²) in [4.78, 5) is 4.69. The number of aromatic nitrogens is 2. The van der Waals surface area contributed by atoms with Crippen LogP contribution >= 0.6 is 0 Å². The van der Waals surface area contributed by atoms with Crippen LogP contribution in [-0.2, 0) is 5.41 Å². The van der Waals surface area contributed by atoms with Gasteiger partial charge >= 0.3 is 0 Å². The van der Waals surface area contributed by atoms with Crippen molar-refractivity contribution >= 4 is 0 Å². The average molecular weight is 262 g/mol. The number of hydrogen-bond donors (Lipinski definition) is 1. The minimum atomic E-state index is -0.185. The van der Waals surface area contributed by atoms with Crippen LogP contribution in [0.5, 0.6) is 0 Å². The third-order valence-corrected chi connectivity index (χ3v) is 6.03. The molecular weight excluding hydrogens is 240 g/mol. The Labute approximate surface area is 113 Å². The number of rotatable bonds is 3. The van der Waals surface area contributed by atoms with Crippen LogP contribution in [0.3, 0.4) is 0 Å². The van der Waals surface area contributed by atoms with Crippen LogP contribution in [0.1, 0.15) is 75.9 Å². The van der Waals surface area contributed by atoms with Crippen molar-refractivity contribution in [1.82, 2.24) is 10.1 Å². The first-order valence-corrected chi connectivity index (χ1v) is 7.66. The molecular formula is C15H22N2O2. The second-order valence-electron chi connectivity index (χ2n) is 7.05. The summed E-state index contributed by atoms with van der Waals surface area (Å²) in [5.74, 6) is 2.38. The van der Waals surface area contributed by atoms with Gasteiger partial charge in [-0.1, -0.05) is 5.16 Å². The maximum atomic E-state index is 10.0. The average Bonchev–Trinajstić information content (AvgIpc) is 3.18. The van der Waals surface area contributed by atoms with E-state index in [1.54, 1.807) is 0 Å². The van der Waals surface area contributed by atoms with Crippen molar-refractivity contribution in [3.63, 3.8) is 0 Å². The van der Waals surface area contributed by atoms with E-state index in [1.807, 2.05) is 6.92 Å². The van der Waals surface area contributed by atoms with E-state index in [0.717, 1.165) is 50.2 Å². The molecule has 0 amide bonds. The standard InChI is InChI=1S/C15H22N2O2/c1-10(18)14-4-7-15(8-5-14,9-6-14)13-16-12(17-19-13)11-2-3-11/h10-11,18H,2-9H2,1H3. The van der Waals surface area contributed by atoms with E-state index in [0.29, 0.717) is 5.92 Å². The fourth-order valence-electron chi connectivity index (χ4n) is 4.12. The van der Waals surface area contributed by atoms with Gasteiger partial charge in [0.1, 0.15) is 0 Å². The Kier molecular flexibility index (Phi) is 2.39. The molecule has 1 aromatic rings. The molecule has 1 unspecified atom stereocenters. The van der Waals surface area contributed by atoms with Crippen LogP contribution in [0, 0.1) is 5.41 Å². The van der Waals surface area contributed by atoms with Crippen molar-refractivity contribution in [2.24, 2.45) is 5.41 Å². The predicted molar refractivity (Wildman–Crippen MR) is 69.8 cm³/mol. The molecule has 0 spiro atoms. The molecule has 1 atom stereocenters. The fourth-order valence-corrected chi connectivity index (χ4v) is 4.12. The van der Waals surface area contributed by atoms with Gasteiger partial charge in [-0.25, -0.2) is 0 Å². The van der Waals surface area contributed by atoms with Crippen molar-refractivity contribution in [3.05, 3.63) is 11.7 Å². The van der Waals surface area contributed by atoms with E-state index < -0.39 is 0 Å². The summed E-state index contributed by atoms with van der Waals surface area (Å²) in [6, 6.07) is 0. The molecule has 4 heteroatoms. The Morgan fingerprint density at radius 1 is 1.16 bits per heavy atom. The molecule has 4 aliphatic rings. The smallest absolute Gasteiger partial charge is 0.232 e. The summed E-state index contributed by atoms with van der Waals surface area (Å²) < 4.78 is 5.59. The van der Waals surface area contributed by atoms with Gasteiger partial charge in [0.15, 0.2) is 5.82 Å². The highest BCUT2D eigenvalue weighted by Gasteiger charge is 2.53. The highest BCUT2D eigenvalue weighted by molar-refractivity contribution is 5.16. The van der Waals surface area contributed by atoms with Crippen molar-refractivity contribution in [2.75, 3.05) is 0 Å². The van der Waals surface area contributed by atoms with Crippen molar-refractivity contribution in [2.45, 2.75) is 75.7 Å². The Bertz CT molecular complexity index is 466. The van der Waals surface area contributed by atoms with Gasteiger partial charge in [0.2, 0.25) is 5.89 Å². The van der Waals surface area contributed by atoms with Gasteiger partial charge in [0.25, 0.3) is 0 Å². The molecule has 4 aliphatic carbocycles. The summed E-state index contributed by atoms with van der Waals surface area (Å²) in [5.41, 5.74) is 0.290. The monoisotopic (exact) mass is 262 g/mol. The maximum Gasteiger partial charge on any atom is 0.232 e. The third kappa shape index (κ3) is 1.69. The quantitative estimate of drug-likeness (QED) is 0.910. The summed E-state index contributed by atoms with van der Waals surface area (Å²) in [5, 5.41) is 14.2. The molecule has 19 heavy (non-hydrogen) atoms. The lowest BCUT2D eigenvalue weighted by atomic mass is 9.52. The highest BCUT2D eigenvalue weighted by Crippen LogP contribution is 2.58.